The molecule has 1 atom stereocenters. The standard InChI is InChI=1S/C8H16N2/c1-4-7(2)8(5-9)6-10-3/h5-7H,4,9H2,1-3H3. The van der Waals surface area contributed by atoms with E-state index in [-0.39, 0.29) is 0 Å². The molecular weight excluding hydrogens is 124 g/mol. The van der Waals surface area contributed by atoms with Crippen molar-refractivity contribution in [2.24, 2.45) is 16.6 Å². The maximum atomic E-state index is 5.38. The van der Waals surface area contributed by atoms with Crippen LogP contribution in [0.25, 0.3) is 0 Å². The molecule has 10 heavy (non-hydrogen) atoms. The Morgan fingerprint density at radius 1 is 1.70 bits per heavy atom. The van der Waals surface area contributed by atoms with E-state index in [2.05, 4.69) is 18.8 Å². The van der Waals surface area contributed by atoms with E-state index in [1.165, 1.54) is 0 Å². The van der Waals surface area contributed by atoms with Crippen molar-refractivity contribution in [2.45, 2.75) is 20.3 Å². The summed E-state index contributed by atoms with van der Waals surface area (Å²) in [6, 6.07) is 0. The van der Waals surface area contributed by atoms with Gasteiger partial charge >= 0.3 is 0 Å². The van der Waals surface area contributed by atoms with Crippen LogP contribution in [0.5, 0.6) is 0 Å². The summed E-state index contributed by atoms with van der Waals surface area (Å²) in [6.07, 6.45) is 4.55. The van der Waals surface area contributed by atoms with Gasteiger partial charge in [-0.3, -0.25) is 4.99 Å². The molecule has 0 aromatic carbocycles. The van der Waals surface area contributed by atoms with E-state index >= 15 is 0 Å². The van der Waals surface area contributed by atoms with Crippen molar-refractivity contribution in [3.05, 3.63) is 11.8 Å². The predicted molar refractivity (Wildman–Crippen MR) is 46.1 cm³/mol. The lowest BCUT2D eigenvalue weighted by molar-refractivity contribution is 0.679. The Labute approximate surface area is 62.8 Å². The molecule has 0 rings (SSSR count). The highest BCUT2D eigenvalue weighted by Crippen LogP contribution is 2.10. The average molecular weight is 140 g/mol. The predicted octanol–water partition coefficient (Wildman–Crippen LogP) is 1.58. The Bertz CT molecular complexity index is 136. The van der Waals surface area contributed by atoms with Crippen LogP contribution < -0.4 is 5.73 Å². The Morgan fingerprint density at radius 3 is 2.60 bits per heavy atom. The molecule has 0 aliphatic carbocycles. The van der Waals surface area contributed by atoms with Crippen molar-refractivity contribution >= 4 is 6.21 Å². The molecule has 2 N–H and O–H groups in total. The van der Waals surface area contributed by atoms with Crippen LogP contribution in [0.1, 0.15) is 20.3 Å². The van der Waals surface area contributed by atoms with Gasteiger partial charge in [0, 0.05) is 13.3 Å². The Morgan fingerprint density at radius 2 is 2.30 bits per heavy atom. The van der Waals surface area contributed by atoms with E-state index in [1.54, 1.807) is 13.2 Å². The van der Waals surface area contributed by atoms with Gasteiger partial charge in [0.25, 0.3) is 0 Å². The van der Waals surface area contributed by atoms with Crippen molar-refractivity contribution in [3.8, 4) is 0 Å². The Balaban J connectivity index is 4.08. The van der Waals surface area contributed by atoms with Gasteiger partial charge in [-0.25, -0.2) is 0 Å². The number of allylic oxidation sites excluding steroid dienone is 1. The van der Waals surface area contributed by atoms with Crippen molar-refractivity contribution < 1.29 is 0 Å². The molecule has 58 valence electrons. The zero-order valence-electron chi connectivity index (χ0n) is 6.96. The van der Waals surface area contributed by atoms with E-state index in [4.69, 9.17) is 5.73 Å². The molecule has 0 aromatic heterocycles. The van der Waals surface area contributed by atoms with Gasteiger partial charge in [-0.05, 0) is 24.1 Å². The maximum Gasteiger partial charge on any atom is 0.0277 e. The summed E-state index contributed by atoms with van der Waals surface area (Å²) in [6.45, 7) is 4.28. The minimum atomic E-state index is 0.522. The first-order chi connectivity index (χ1) is 4.76. The highest BCUT2D eigenvalue weighted by atomic mass is 14.6. The fourth-order valence-corrected chi connectivity index (χ4v) is 0.719. The van der Waals surface area contributed by atoms with E-state index < -0.39 is 0 Å². The molecule has 0 amide bonds. The Kier molecular flexibility index (Phi) is 4.63. The molecule has 2 heteroatoms. The van der Waals surface area contributed by atoms with E-state index in [9.17, 15) is 0 Å². The second-order valence-electron chi connectivity index (χ2n) is 2.36. The molecule has 0 fully saturated rings. The molecule has 0 saturated carbocycles. The van der Waals surface area contributed by atoms with Gasteiger partial charge in [-0.2, -0.15) is 0 Å². The zero-order chi connectivity index (χ0) is 7.98. The van der Waals surface area contributed by atoms with Gasteiger partial charge in [-0.1, -0.05) is 13.8 Å². The second-order valence-corrected chi connectivity index (χ2v) is 2.36. The lowest BCUT2D eigenvalue weighted by Crippen LogP contribution is -2.01. The van der Waals surface area contributed by atoms with Crippen LogP contribution in [0.15, 0.2) is 16.8 Å². The van der Waals surface area contributed by atoms with Crippen LogP contribution in [0, 0.1) is 5.92 Å². The van der Waals surface area contributed by atoms with Gasteiger partial charge in [-0.15, -0.1) is 0 Å². The Hall–Kier alpha value is -0.790. The van der Waals surface area contributed by atoms with Gasteiger partial charge in [0.1, 0.15) is 0 Å². The van der Waals surface area contributed by atoms with Crippen molar-refractivity contribution in [1.82, 2.24) is 0 Å². The summed E-state index contributed by atoms with van der Waals surface area (Å²) in [7, 11) is 1.76. The number of nitrogens with two attached hydrogens (primary N) is 1. The molecule has 0 heterocycles. The minimum absolute atomic E-state index is 0.522. The number of nitrogens with zero attached hydrogens (tertiary/aromatic N) is 1. The third-order valence-corrected chi connectivity index (χ3v) is 1.65. The molecule has 0 bridgehead atoms. The minimum Gasteiger partial charge on any atom is -0.404 e. The SMILES string of the molecule is CCC(C)C(C=NC)=CN. The average Bonchev–Trinajstić information content (AvgIpc) is 1.99. The number of rotatable bonds is 3. The monoisotopic (exact) mass is 140 g/mol. The van der Waals surface area contributed by atoms with Gasteiger partial charge in [0.15, 0.2) is 0 Å². The molecule has 0 saturated heterocycles. The molecular formula is C8H16N2. The van der Waals surface area contributed by atoms with Crippen molar-refractivity contribution in [1.29, 1.82) is 0 Å². The highest BCUT2D eigenvalue weighted by molar-refractivity contribution is 5.78. The molecule has 0 aliphatic rings. The second kappa shape index (κ2) is 5.03. The topological polar surface area (TPSA) is 38.4 Å². The number of hydrogen-bond acceptors (Lipinski definition) is 2. The molecule has 0 aromatic rings. The highest BCUT2D eigenvalue weighted by Gasteiger charge is 2.01. The lowest BCUT2D eigenvalue weighted by atomic mass is 10.0. The van der Waals surface area contributed by atoms with E-state index in [0.717, 1.165) is 12.0 Å². The summed E-state index contributed by atoms with van der Waals surface area (Å²) in [5, 5.41) is 0. The normalized spacial score (nSPS) is 16.1. The molecule has 1 unspecified atom stereocenters. The fraction of sp³-hybridized carbons (Fsp3) is 0.625. The van der Waals surface area contributed by atoms with Crippen LogP contribution in [-0.4, -0.2) is 13.3 Å². The van der Waals surface area contributed by atoms with Crippen LogP contribution in [0.4, 0.5) is 0 Å². The first-order valence-corrected chi connectivity index (χ1v) is 3.60. The van der Waals surface area contributed by atoms with E-state index in [0.29, 0.717) is 5.92 Å². The first-order valence-electron chi connectivity index (χ1n) is 3.60. The van der Waals surface area contributed by atoms with Crippen LogP contribution in [0.3, 0.4) is 0 Å². The maximum absolute atomic E-state index is 5.38. The van der Waals surface area contributed by atoms with Crippen LogP contribution in [0.2, 0.25) is 0 Å². The van der Waals surface area contributed by atoms with Crippen LogP contribution in [-0.2, 0) is 0 Å². The molecule has 0 radical (unpaired) electrons. The largest absolute Gasteiger partial charge is 0.404 e. The first kappa shape index (κ1) is 9.21. The zero-order valence-corrected chi connectivity index (χ0v) is 6.96. The van der Waals surface area contributed by atoms with Gasteiger partial charge in [0.05, 0.1) is 0 Å². The quantitative estimate of drug-likeness (QED) is 0.594. The summed E-state index contributed by atoms with van der Waals surface area (Å²) in [5.74, 6) is 0.522. The summed E-state index contributed by atoms with van der Waals surface area (Å²) in [4.78, 5) is 3.90. The number of aliphatic imine (C=N–C) groups is 1. The van der Waals surface area contributed by atoms with E-state index in [1.807, 2.05) is 6.21 Å². The summed E-state index contributed by atoms with van der Waals surface area (Å²) >= 11 is 0. The third kappa shape index (κ3) is 2.67. The lowest BCUT2D eigenvalue weighted by Gasteiger charge is -2.06. The smallest absolute Gasteiger partial charge is 0.0277 e. The van der Waals surface area contributed by atoms with Gasteiger partial charge < -0.3 is 5.73 Å². The third-order valence-electron chi connectivity index (χ3n) is 1.65. The molecule has 0 aliphatic heterocycles. The summed E-state index contributed by atoms with van der Waals surface area (Å²) in [5.41, 5.74) is 6.50. The molecule has 0 spiro atoms. The fourth-order valence-electron chi connectivity index (χ4n) is 0.719. The molecule has 2 nitrogen and oxygen atoms in total. The van der Waals surface area contributed by atoms with Crippen LogP contribution >= 0.6 is 0 Å². The van der Waals surface area contributed by atoms with Crippen molar-refractivity contribution in [2.75, 3.05) is 7.05 Å². The summed E-state index contributed by atoms with van der Waals surface area (Å²) < 4.78 is 0. The van der Waals surface area contributed by atoms with Gasteiger partial charge in [0.2, 0.25) is 0 Å². The van der Waals surface area contributed by atoms with Crippen molar-refractivity contribution in [3.63, 3.8) is 0 Å². The number of hydrogen-bond donors (Lipinski definition) is 1.